The van der Waals surface area contributed by atoms with E-state index < -0.39 is 30.6 Å². The number of alkyl halides is 3. The lowest BCUT2D eigenvalue weighted by Crippen LogP contribution is -2.40. The molecule has 1 atom stereocenters. The summed E-state index contributed by atoms with van der Waals surface area (Å²) >= 11 is 0. The Morgan fingerprint density at radius 2 is 1.94 bits per heavy atom. The van der Waals surface area contributed by atoms with Crippen molar-refractivity contribution in [3.8, 4) is 0 Å². The van der Waals surface area contributed by atoms with Gasteiger partial charge in [-0.15, -0.1) is 0 Å². The molecule has 1 N–H and O–H groups in total. The van der Waals surface area contributed by atoms with Crippen LogP contribution in [0.1, 0.15) is 6.92 Å². The number of rotatable bonds is 4. The minimum Gasteiger partial charge on any atom is -0.481 e. The van der Waals surface area contributed by atoms with Gasteiger partial charge in [-0.25, -0.2) is 4.79 Å². The summed E-state index contributed by atoms with van der Waals surface area (Å²) in [4.78, 5) is 23.9. The molecule has 2 amide bonds. The molecule has 0 bridgehead atoms. The molecule has 1 rings (SSSR count). The quantitative estimate of drug-likeness (QED) is 0.814. The van der Waals surface area contributed by atoms with E-state index in [0.29, 0.717) is 4.90 Å². The molecule has 1 unspecified atom stereocenters. The zero-order chi connectivity index (χ0) is 13.2. The summed E-state index contributed by atoms with van der Waals surface area (Å²) in [6.45, 7) is 0.158. The van der Waals surface area contributed by atoms with Gasteiger partial charge in [0, 0.05) is 19.6 Å². The minimum atomic E-state index is -4.43. The van der Waals surface area contributed by atoms with E-state index >= 15 is 0 Å². The summed E-state index contributed by atoms with van der Waals surface area (Å²) in [5.74, 6) is -1.86. The van der Waals surface area contributed by atoms with E-state index in [2.05, 4.69) is 0 Å². The maximum Gasteiger partial charge on any atom is 0.406 e. The zero-order valence-corrected chi connectivity index (χ0v) is 9.20. The Kier molecular flexibility index (Phi) is 3.84. The summed E-state index contributed by atoms with van der Waals surface area (Å²) in [5.41, 5.74) is 0. The number of carboxylic acid groups (broad SMARTS) is 1. The standard InChI is InChI=1S/C9H13F3N2O3/c1-6(7(15)16)4-13-2-3-14(8(13)17)5-9(10,11)12/h6H,2-5H2,1H3,(H,15,16). The third-order valence-electron chi connectivity index (χ3n) is 2.47. The van der Waals surface area contributed by atoms with Crippen LogP contribution < -0.4 is 0 Å². The number of amides is 2. The fourth-order valence-corrected chi connectivity index (χ4v) is 1.57. The van der Waals surface area contributed by atoms with Crippen LogP contribution in [0.15, 0.2) is 0 Å². The predicted octanol–water partition coefficient (Wildman–Crippen LogP) is 1.01. The molecule has 1 aliphatic heterocycles. The van der Waals surface area contributed by atoms with Crippen molar-refractivity contribution in [3.63, 3.8) is 0 Å². The predicted molar refractivity (Wildman–Crippen MR) is 51.4 cm³/mol. The third kappa shape index (κ3) is 3.79. The van der Waals surface area contributed by atoms with Crippen LogP contribution in [0.4, 0.5) is 18.0 Å². The molecule has 98 valence electrons. The fraction of sp³-hybridized carbons (Fsp3) is 0.778. The fourth-order valence-electron chi connectivity index (χ4n) is 1.57. The number of halogens is 3. The molecule has 1 heterocycles. The Morgan fingerprint density at radius 3 is 2.41 bits per heavy atom. The Labute approximate surface area is 95.8 Å². The number of nitrogens with zero attached hydrogens (tertiary/aromatic N) is 2. The SMILES string of the molecule is CC(CN1CCN(CC(F)(F)F)C1=O)C(=O)O. The van der Waals surface area contributed by atoms with Gasteiger partial charge in [0.15, 0.2) is 0 Å². The molecule has 1 aliphatic rings. The van der Waals surface area contributed by atoms with Crippen LogP contribution in [0.5, 0.6) is 0 Å². The van der Waals surface area contributed by atoms with Crippen molar-refractivity contribution in [2.24, 2.45) is 5.92 Å². The van der Waals surface area contributed by atoms with Gasteiger partial charge < -0.3 is 14.9 Å². The largest absolute Gasteiger partial charge is 0.481 e. The van der Waals surface area contributed by atoms with Crippen LogP contribution >= 0.6 is 0 Å². The van der Waals surface area contributed by atoms with Crippen molar-refractivity contribution < 1.29 is 27.9 Å². The topological polar surface area (TPSA) is 60.9 Å². The number of carbonyl (C=O) groups excluding carboxylic acids is 1. The van der Waals surface area contributed by atoms with Gasteiger partial charge in [-0.2, -0.15) is 13.2 Å². The summed E-state index contributed by atoms with van der Waals surface area (Å²) < 4.78 is 36.3. The third-order valence-corrected chi connectivity index (χ3v) is 2.47. The summed E-state index contributed by atoms with van der Waals surface area (Å²) in [6, 6.07) is -0.754. The molecule has 0 aromatic heterocycles. The average Bonchev–Trinajstić information content (AvgIpc) is 2.47. The number of hydrogen-bond donors (Lipinski definition) is 1. The molecule has 0 aromatic carbocycles. The van der Waals surface area contributed by atoms with Crippen molar-refractivity contribution in [2.75, 3.05) is 26.2 Å². The van der Waals surface area contributed by atoms with Crippen LogP contribution in [0.2, 0.25) is 0 Å². The molecule has 0 aromatic rings. The molecule has 17 heavy (non-hydrogen) atoms. The van der Waals surface area contributed by atoms with E-state index in [1.807, 2.05) is 0 Å². The highest BCUT2D eigenvalue weighted by molar-refractivity contribution is 5.77. The molecule has 1 fully saturated rings. The monoisotopic (exact) mass is 254 g/mol. The van der Waals surface area contributed by atoms with Crippen molar-refractivity contribution >= 4 is 12.0 Å². The summed E-state index contributed by atoms with van der Waals surface area (Å²) in [7, 11) is 0. The van der Waals surface area contributed by atoms with Crippen LogP contribution in [-0.4, -0.2) is 59.3 Å². The maximum atomic E-state index is 12.1. The molecule has 0 saturated carbocycles. The van der Waals surface area contributed by atoms with Gasteiger partial charge in [-0.05, 0) is 0 Å². The highest BCUT2D eigenvalue weighted by Gasteiger charge is 2.38. The maximum absolute atomic E-state index is 12.1. The molecule has 1 saturated heterocycles. The second kappa shape index (κ2) is 4.80. The van der Waals surface area contributed by atoms with E-state index in [1.165, 1.54) is 6.92 Å². The number of carbonyl (C=O) groups is 2. The average molecular weight is 254 g/mol. The lowest BCUT2D eigenvalue weighted by molar-refractivity contribution is -0.142. The first kappa shape index (κ1) is 13.6. The van der Waals surface area contributed by atoms with Crippen molar-refractivity contribution in [1.29, 1.82) is 0 Å². The molecule has 0 radical (unpaired) electrons. The first-order valence-corrected chi connectivity index (χ1v) is 5.04. The van der Waals surface area contributed by atoms with Crippen molar-refractivity contribution in [2.45, 2.75) is 13.1 Å². The second-order valence-corrected chi connectivity index (χ2v) is 4.00. The van der Waals surface area contributed by atoms with Crippen LogP contribution in [0.25, 0.3) is 0 Å². The molecular formula is C9H13F3N2O3. The molecule has 5 nitrogen and oxygen atoms in total. The van der Waals surface area contributed by atoms with E-state index in [4.69, 9.17) is 5.11 Å². The number of aliphatic carboxylic acids is 1. The van der Waals surface area contributed by atoms with E-state index in [-0.39, 0.29) is 19.6 Å². The van der Waals surface area contributed by atoms with Crippen LogP contribution in [0.3, 0.4) is 0 Å². The van der Waals surface area contributed by atoms with E-state index in [0.717, 1.165) is 4.90 Å². The van der Waals surface area contributed by atoms with E-state index in [9.17, 15) is 22.8 Å². The summed E-state index contributed by atoms with van der Waals surface area (Å²) in [6.07, 6.45) is -4.43. The Balaban J connectivity index is 2.53. The van der Waals surface area contributed by atoms with Gasteiger partial charge >= 0.3 is 18.2 Å². The Hall–Kier alpha value is -1.47. The Bertz CT molecular complexity index is 319. The normalized spacial score (nSPS) is 18.7. The lowest BCUT2D eigenvalue weighted by Gasteiger charge is -2.20. The van der Waals surface area contributed by atoms with Gasteiger partial charge in [-0.1, -0.05) is 6.92 Å². The van der Waals surface area contributed by atoms with E-state index in [1.54, 1.807) is 0 Å². The molecule has 0 spiro atoms. The molecule has 8 heteroatoms. The minimum absolute atomic E-state index is 0.0231. The first-order chi connectivity index (χ1) is 7.70. The van der Waals surface area contributed by atoms with Gasteiger partial charge in [0.05, 0.1) is 5.92 Å². The van der Waals surface area contributed by atoms with Crippen molar-refractivity contribution in [1.82, 2.24) is 9.80 Å². The van der Waals surface area contributed by atoms with Gasteiger partial charge in [0.2, 0.25) is 0 Å². The number of carboxylic acids is 1. The van der Waals surface area contributed by atoms with Gasteiger partial charge in [-0.3, -0.25) is 4.79 Å². The number of urea groups is 1. The first-order valence-electron chi connectivity index (χ1n) is 5.04. The van der Waals surface area contributed by atoms with Gasteiger partial charge in [0.1, 0.15) is 6.54 Å². The number of hydrogen-bond acceptors (Lipinski definition) is 2. The van der Waals surface area contributed by atoms with Crippen LogP contribution in [-0.2, 0) is 4.79 Å². The van der Waals surface area contributed by atoms with Gasteiger partial charge in [0.25, 0.3) is 0 Å². The lowest BCUT2D eigenvalue weighted by atomic mass is 10.2. The Morgan fingerprint density at radius 1 is 1.41 bits per heavy atom. The van der Waals surface area contributed by atoms with Crippen LogP contribution in [0, 0.1) is 5.92 Å². The molecular weight excluding hydrogens is 241 g/mol. The second-order valence-electron chi connectivity index (χ2n) is 4.00. The summed E-state index contributed by atoms with van der Waals surface area (Å²) in [5, 5.41) is 8.65. The highest BCUT2D eigenvalue weighted by atomic mass is 19.4. The molecule has 0 aliphatic carbocycles. The zero-order valence-electron chi connectivity index (χ0n) is 9.20. The highest BCUT2D eigenvalue weighted by Crippen LogP contribution is 2.20. The van der Waals surface area contributed by atoms with Crippen molar-refractivity contribution in [3.05, 3.63) is 0 Å². The smallest absolute Gasteiger partial charge is 0.406 e.